The van der Waals surface area contributed by atoms with Crippen molar-refractivity contribution in [3.8, 4) is 0 Å². The average molecular weight is 517 g/mol. The summed E-state index contributed by atoms with van der Waals surface area (Å²) in [6, 6.07) is 0. The molecule has 1 spiro atoms. The lowest BCUT2D eigenvalue weighted by molar-refractivity contribution is -0.274. The minimum absolute atomic E-state index is 0.0553. The van der Waals surface area contributed by atoms with E-state index in [9.17, 15) is 9.59 Å². The Morgan fingerprint density at radius 2 is 1.62 bits per heavy atom. The van der Waals surface area contributed by atoms with Gasteiger partial charge in [-0.25, -0.2) is 0 Å². The van der Waals surface area contributed by atoms with Crippen molar-refractivity contribution in [3.05, 3.63) is 0 Å². The summed E-state index contributed by atoms with van der Waals surface area (Å²) in [6.07, 6.45) is 9.70. The van der Waals surface area contributed by atoms with Crippen molar-refractivity contribution in [2.75, 3.05) is 6.61 Å². The van der Waals surface area contributed by atoms with Gasteiger partial charge in [0.1, 0.15) is 12.2 Å². The number of carbonyl (C=O) groups excluding carboxylic acids is 2. The zero-order valence-electron chi connectivity index (χ0n) is 23.8. The SMILES string of the molecule is CC(=O)O[C@H]1CC[C@@]2(C)[C@@H](CC[C@@H]3[C@@H]2C[C@@H](OC(C)=O)[C@]2(C)[C@@H]4[C@H](C[C@@H]32)O[C@@]2(CC[C@@H](C)CO2)[C@H]4C)C1. The van der Waals surface area contributed by atoms with E-state index in [2.05, 4.69) is 27.7 Å². The van der Waals surface area contributed by atoms with Crippen LogP contribution in [0.15, 0.2) is 0 Å². The monoisotopic (exact) mass is 516 g/mol. The topological polar surface area (TPSA) is 71.1 Å². The summed E-state index contributed by atoms with van der Waals surface area (Å²) in [7, 11) is 0. The zero-order chi connectivity index (χ0) is 26.3. The fraction of sp³-hybridized carbons (Fsp3) is 0.935. The van der Waals surface area contributed by atoms with Crippen LogP contribution in [0.5, 0.6) is 0 Å². The summed E-state index contributed by atoms with van der Waals surface area (Å²) >= 11 is 0. The van der Waals surface area contributed by atoms with Crippen molar-refractivity contribution in [2.24, 2.45) is 52.3 Å². The molecule has 208 valence electrons. The van der Waals surface area contributed by atoms with Crippen LogP contribution in [0.3, 0.4) is 0 Å². The second-order valence-corrected chi connectivity index (χ2v) is 14.3. The van der Waals surface area contributed by atoms with E-state index in [-0.39, 0.29) is 41.1 Å². The molecule has 4 aliphatic carbocycles. The third kappa shape index (κ3) is 3.85. The van der Waals surface area contributed by atoms with Gasteiger partial charge in [0, 0.05) is 37.5 Å². The Hall–Kier alpha value is -1.14. The number of fused-ring (bicyclic) bond motifs is 7. The van der Waals surface area contributed by atoms with Gasteiger partial charge in [-0.15, -0.1) is 0 Å². The summed E-state index contributed by atoms with van der Waals surface area (Å²) in [5.41, 5.74) is 0.109. The molecule has 0 amide bonds. The van der Waals surface area contributed by atoms with Crippen molar-refractivity contribution in [1.29, 1.82) is 0 Å². The van der Waals surface area contributed by atoms with E-state index in [0.29, 0.717) is 41.4 Å². The van der Waals surface area contributed by atoms with Crippen molar-refractivity contribution >= 4 is 11.9 Å². The molecule has 37 heavy (non-hydrogen) atoms. The molecule has 0 aromatic heterocycles. The molecule has 6 fully saturated rings. The smallest absolute Gasteiger partial charge is 0.302 e. The summed E-state index contributed by atoms with van der Waals surface area (Å²) in [4.78, 5) is 24.1. The van der Waals surface area contributed by atoms with Crippen LogP contribution in [0.1, 0.15) is 99.3 Å². The molecule has 0 radical (unpaired) electrons. The number of rotatable bonds is 2. The molecule has 0 aromatic carbocycles. The van der Waals surface area contributed by atoms with E-state index in [1.54, 1.807) is 6.92 Å². The Labute approximate surface area is 222 Å². The Kier molecular flexibility index (Phi) is 6.31. The molecule has 0 bridgehead atoms. The van der Waals surface area contributed by atoms with Gasteiger partial charge in [-0.3, -0.25) is 9.59 Å². The molecule has 0 N–H and O–H groups in total. The first-order valence-corrected chi connectivity index (χ1v) is 15.1. The average Bonchev–Trinajstić information content (AvgIpc) is 3.27. The first-order valence-electron chi connectivity index (χ1n) is 15.1. The van der Waals surface area contributed by atoms with Crippen LogP contribution >= 0.6 is 0 Å². The van der Waals surface area contributed by atoms with Gasteiger partial charge in [-0.05, 0) is 86.4 Å². The Balaban J connectivity index is 1.30. The molecule has 6 heteroatoms. The fourth-order valence-electron chi connectivity index (χ4n) is 10.9. The molecule has 13 atom stereocenters. The normalized spacial score (nSPS) is 54.5. The fourth-order valence-corrected chi connectivity index (χ4v) is 10.9. The van der Waals surface area contributed by atoms with Crippen molar-refractivity contribution < 1.29 is 28.5 Å². The summed E-state index contributed by atoms with van der Waals surface area (Å²) in [5, 5.41) is 0. The lowest BCUT2D eigenvalue weighted by Crippen LogP contribution is -2.60. The highest BCUT2D eigenvalue weighted by Gasteiger charge is 2.72. The van der Waals surface area contributed by atoms with Crippen molar-refractivity contribution in [3.63, 3.8) is 0 Å². The second-order valence-electron chi connectivity index (χ2n) is 14.3. The molecule has 6 rings (SSSR count). The van der Waals surface area contributed by atoms with Gasteiger partial charge in [-0.2, -0.15) is 0 Å². The Bertz CT molecular complexity index is 925. The molecule has 6 aliphatic rings. The van der Waals surface area contributed by atoms with E-state index >= 15 is 0 Å². The highest BCUT2D eigenvalue weighted by Crippen LogP contribution is 2.71. The van der Waals surface area contributed by atoms with Crippen LogP contribution in [-0.4, -0.2) is 42.6 Å². The maximum absolute atomic E-state index is 12.5. The summed E-state index contributed by atoms with van der Waals surface area (Å²) in [5.74, 6) is 2.66. The third-order valence-electron chi connectivity index (χ3n) is 12.6. The van der Waals surface area contributed by atoms with Crippen LogP contribution in [0.25, 0.3) is 0 Å². The Morgan fingerprint density at radius 1 is 0.865 bits per heavy atom. The maximum atomic E-state index is 12.5. The van der Waals surface area contributed by atoms with Gasteiger partial charge in [0.2, 0.25) is 0 Å². The van der Waals surface area contributed by atoms with E-state index in [0.717, 1.165) is 51.6 Å². The molecule has 2 saturated heterocycles. The molecular weight excluding hydrogens is 468 g/mol. The van der Waals surface area contributed by atoms with Crippen molar-refractivity contribution in [1.82, 2.24) is 0 Å². The van der Waals surface area contributed by atoms with Crippen LogP contribution < -0.4 is 0 Å². The highest BCUT2D eigenvalue weighted by molar-refractivity contribution is 5.66. The predicted octanol–water partition coefficient (Wildman–Crippen LogP) is 5.91. The van der Waals surface area contributed by atoms with Gasteiger partial charge in [0.25, 0.3) is 0 Å². The maximum Gasteiger partial charge on any atom is 0.302 e. The lowest BCUT2D eigenvalue weighted by Gasteiger charge is -2.62. The van der Waals surface area contributed by atoms with Crippen LogP contribution in [0.2, 0.25) is 0 Å². The number of ether oxygens (including phenoxy) is 4. The standard InChI is InChI=1S/C31H48O6/c1-17-9-12-31(34-16-17)18(2)28-26(37-31)14-25-23-8-7-21-13-22(35-19(3)32)10-11-29(21,5)24(23)15-27(30(25,28)6)36-20(4)33/h17-18,21-28H,7-16H2,1-6H3/t17-,18+,21+,22+,23-,24+,25+,26+,27-,28+,29+,30-,31+/m1/s1. The predicted molar refractivity (Wildman–Crippen MR) is 138 cm³/mol. The summed E-state index contributed by atoms with van der Waals surface area (Å²) < 4.78 is 25.4. The molecule has 0 unspecified atom stereocenters. The quantitative estimate of drug-likeness (QED) is 0.425. The lowest BCUT2D eigenvalue weighted by atomic mass is 9.43. The zero-order valence-corrected chi connectivity index (χ0v) is 23.8. The highest BCUT2D eigenvalue weighted by atomic mass is 16.7. The van der Waals surface area contributed by atoms with Gasteiger partial charge in [-0.1, -0.05) is 27.7 Å². The van der Waals surface area contributed by atoms with Crippen LogP contribution in [-0.2, 0) is 28.5 Å². The van der Waals surface area contributed by atoms with E-state index in [1.165, 1.54) is 19.8 Å². The Morgan fingerprint density at radius 3 is 2.30 bits per heavy atom. The largest absolute Gasteiger partial charge is 0.463 e. The van der Waals surface area contributed by atoms with E-state index < -0.39 is 5.79 Å². The van der Waals surface area contributed by atoms with E-state index in [1.807, 2.05) is 0 Å². The first kappa shape index (κ1) is 26.1. The second kappa shape index (κ2) is 8.94. The molecule has 2 aliphatic heterocycles. The minimum Gasteiger partial charge on any atom is -0.463 e. The third-order valence-corrected chi connectivity index (χ3v) is 12.6. The molecule has 6 nitrogen and oxygen atoms in total. The number of esters is 2. The van der Waals surface area contributed by atoms with Gasteiger partial charge in [0.15, 0.2) is 5.79 Å². The van der Waals surface area contributed by atoms with Crippen molar-refractivity contribution in [2.45, 2.75) is 123 Å². The van der Waals surface area contributed by atoms with Crippen LogP contribution in [0.4, 0.5) is 0 Å². The van der Waals surface area contributed by atoms with E-state index in [4.69, 9.17) is 18.9 Å². The molecule has 0 aromatic rings. The van der Waals surface area contributed by atoms with Gasteiger partial charge < -0.3 is 18.9 Å². The molecule has 2 heterocycles. The number of hydrogen-bond donors (Lipinski definition) is 0. The van der Waals surface area contributed by atoms with Gasteiger partial charge in [0.05, 0.1) is 12.7 Å². The summed E-state index contributed by atoms with van der Waals surface area (Å²) in [6.45, 7) is 13.4. The molecule has 4 saturated carbocycles. The first-order chi connectivity index (χ1) is 17.5. The minimum atomic E-state index is -0.466. The van der Waals surface area contributed by atoms with Gasteiger partial charge >= 0.3 is 11.9 Å². The number of hydrogen-bond acceptors (Lipinski definition) is 6. The number of carbonyl (C=O) groups is 2. The van der Waals surface area contributed by atoms with Crippen LogP contribution in [0, 0.1) is 52.3 Å². The molecular formula is C31H48O6.